The zero-order valence-corrected chi connectivity index (χ0v) is 10.8. The lowest BCUT2D eigenvalue weighted by atomic mass is 10.0. The van der Waals surface area contributed by atoms with Gasteiger partial charge in [0.1, 0.15) is 0 Å². The maximum Gasteiger partial charge on any atom is 0.0645 e. The molecule has 2 fully saturated rings. The fourth-order valence-corrected chi connectivity index (χ4v) is 2.84. The van der Waals surface area contributed by atoms with Crippen LogP contribution in [0.2, 0.25) is 0 Å². The summed E-state index contributed by atoms with van der Waals surface area (Å²) in [6, 6.07) is 0.796. The lowest BCUT2D eigenvalue weighted by molar-refractivity contribution is -0.0514. The zero-order chi connectivity index (χ0) is 11.4. The first-order valence-corrected chi connectivity index (χ1v) is 6.75. The van der Waals surface area contributed by atoms with Crippen molar-refractivity contribution in [3.8, 4) is 0 Å². The summed E-state index contributed by atoms with van der Waals surface area (Å²) in [4.78, 5) is 2.59. The molecular weight excluding hydrogens is 200 g/mol. The van der Waals surface area contributed by atoms with Crippen molar-refractivity contribution in [3.63, 3.8) is 0 Å². The highest BCUT2D eigenvalue weighted by Crippen LogP contribution is 2.20. The van der Waals surface area contributed by atoms with Gasteiger partial charge in [-0.05, 0) is 52.6 Å². The molecule has 0 radical (unpaired) electrons. The fraction of sp³-hybridized carbons (Fsp3) is 1.00. The van der Waals surface area contributed by atoms with Crippen molar-refractivity contribution in [2.45, 2.75) is 51.1 Å². The Morgan fingerprint density at radius 1 is 1.44 bits per heavy atom. The van der Waals surface area contributed by atoms with Gasteiger partial charge in [0.15, 0.2) is 0 Å². The summed E-state index contributed by atoms with van der Waals surface area (Å²) >= 11 is 0. The molecule has 0 aromatic rings. The third kappa shape index (κ3) is 3.19. The Balaban J connectivity index is 1.67. The summed E-state index contributed by atoms with van der Waals surface area (Å²) in [6.45, 7) is 9.94. The molecule has 1 atom stereocenters. The van der Waals surface area contributed by atoms with Crippen LogP contribution in [0.1, 0.15) is 39.5 Å². The second-order valence-corrected chi connectivity index (χ2v) is 5.79. The predicted octanol–water partition coefficient (Wildman–Crippen LogP) is 1.63. The van der Waals surface area contributed by atoms with E-state index in [2.05, 4.69) is 24.1 Å². The van der Waals surface area contributed by atoms with E-state index in [9.17, 15) is 0 Å². The molecule has 2 aliphatic heterocycles. The van der Waals surface area contributed by atoms with Gasteiger partial charge in [-0.2, -0.15) is 0 Å². The number of rotatable bonds is 4. The zero-order valence-electron chi connectivity index (χ0n) is 10.8. The molecule has 3 heteroatoms. The highest BCUT2D eigenvalue weighted by Gasteiger charge is 2.29. The lowest BCUT2D eigenvalue weighted by Gasteiger charge is -2.42. The number of morpholine rings is 1. The maximum atomic E-state index is 5.54. The van der Waals surface area contributed by atoms with Crippen molar-refractivity contribution < 1.29 is 4.74 Å². The normalized spacial score (nSPS) is 30.8. The van der Waals surface area contributed by atoms with Crippen LogP contribution in [0.4, 0.5) is 0 Å². The first kappa shape index (κ1) is 12.3. The van der Waals surface area contributed by atoms with E-state index in [1.165, 1.54) is 38.8 Å². The van der Waals surface area contributed by atoms with Gasteiger partial charge < -0.3 is 10.1 Å². The number of nitrogens with one attached hydrogen (secondary N) is 1. The van der Waals surface area contributed by atoms with Crippen LogP contribution in [0.5, 0.6) is 0 Å². The average molecular weight is 226 g/mol. The highest BCUT2D eigenvalue weighted by atomic mass is 16.5. The summed E-state index contributed by atoms with van der Waals surface area (Å²) in [7, 11) is 0. The molecule has 94 valence electrons. The molecule has 2 heterocycles. The third-order valence-corrected chi connectivity index (χ3v) is 3.96. The Morgan fingerprint density at radius 2 is 2.31 bits per heavy atom. The fourth-order valence-electron chi connectivity index (χ4n) is 2.84. The molecule has 0 aliphatic carbocycles. The monoisotopic (exact) mass is 226 g/mol. The van der Waals surface area contributed by atoms with Gasteiger partial charge >= 0.3 is 0 Å². The molecule has 2 aliphatic rings. The van der Waals surface area contributed by atoms with Gasteiger partial charge in [0.25, 0.3) is 0 Å². The van der Waals surface area contributed by atoms with E-state index < -0.39 is 0 Å². The molecule has 0 aromatic carbocycles. The lowest BCUT2D eigenvalue weighted by Crippen LogP contribution is -2.53. The molecule has 0 saturated carbocycles. The molecule has 0 amide bonds. The molecular formula is C13H26N2O. The second kappa shape index (κ2) is 5.48. The maximum absolute atomic E-state index is 5.54. The molecule has 0 bridgehead atoms. The largest absolute Gasteiger partial charge is 0.378 e. The van der Waals surface area contributed by atoms with Gasteiger partial charge in [0.2, 0.25) is 0 Å². The van der Waals surface area contributed by atoms with Gasteiger partial charge in [-0.15, -0.1) is 0 Å². The number of ether oxygens (including phenoxy) is 1. The molecule has 0 aromatic heterocycles. The summed E-state index contributed by atoms with van der Waals surface area (Å²) in [5.41, 5.74) is 0.237. The van der Waals surface area contributed by atoms with E-state index in [1.807, 2.05) is 0 Å². The van der Waals surface area contributed by atoms with E-state index >= 15 is 0 Å². The van der Waals surface area contributed by atoms with Crippen molar-refractivity contribution in [2.24, 2.45) is 0 Å². The van der Waals surface area contributed by atoms with Gasteiger partial charge in [-0.1, -0.05) is 0 Å². The molecule has 0 spiro atoms. The Hall–Kier alpha value is -0.120. The van der Waals surface area contributed by atoms with Crippen molar-refractivity contribution in [1.82, 2.24) is 10.2 Å². The summed E-state index contributed by atoms with van der Waals surface area (Å²) < 4.78 is 5.54. The van der Waals surface area contributed by atoms with Crippen LogP contribution in [-0.2, 0) is 4.74 Å². The standard InChI is InChI=1S/C13H26N2O/c1-13(2)11-16-10-9-15(13)8-4-6-12-5-3-7-14-12/h12,14H,3-11H2,1-2H3. The van der Waals surface area contributed by atoms with E-state index in [4.69, 9.17) is 4.74 Å². The van der Waals surface area contributed by atoms with Crippen LogP contribution >= 0.6 is 0 Å². The van der Waals surface area contributed by atoms with Crippen molar-refractivity contribution in [2.75, 3.05) is 32.8 Å². The second-order valence-electron chi connectivity index (χ2n) is 5.79. The van der Waals surface area contributed by atoms with Crippen LogP contribution in [0, 0.1) is 0 Å². The van der Waals surface area contributed by atoms with Crippen LogP contribution < -0.4 is 5.32 Å². The average Bonchev–Trinajstić information content (AvgIpc) is 2.73. The first-order chi connectivity index (χ1) is 7.68. The van der Waals surface area contributed by atoms with E-state index in [1.54, 1.807) is 0 Å². The summed E-state index contributed by atoms with van der Waals surface area (Å²) in [6.07, 6.45) is 5.41. The molecule has 1 N–H and O–H groups in total. The first-order valence-electron chi connectivity index (χ1n) is 6.75. The number of hydrogen-bond donors (Lipinski definition) is 1. The van der Waals surface area contributed by atoms with Crippen LogP contribution in [0.25, 0.3) is 0 Å². The molecule has 3 nitrogen and oxygen atoms in total. The molecule has 2 saturated heterocycles. The van der Waals surface area contributed by atoms with E-state index in [0.717, 1.165) is 25.8 Å². The minimum Gasteiger partial charge on any atom is -0.378 e. The minimum atomic E-state index is 0.237. The summed E-state index contributed by atoms with van der Waals surface area (Å²) in [5, 5.41) is 3.57. The van der Waals surface area contributed by atoms with E-state index in [0.29, 0.717) is 0 Å². The minimum absolute atomic E-state index is 0.237. The van der Waals surface area contributed by atoms with Gasteiger partial charge in [-0.3, -0.25) is 4.90 Å². The van der Waals surface area contributed by atoms with Crippen molar-refractivity contribution in [1.29, 1.82) is 0 Å². The van der Waals surface area contributed by atoms with Crippen LogP contribution in [0.3, 0.4) is 0 Å². The van der Waals surface area contributed by atoms with Crippen molar-refractivity contribution in [3.05, 3.63) is 0 Å². The van der Waals surface area contributed by atoms with Crippen molar-refractivity contribution >= 4 is 0 Å². The predicted molar refractivity (Wildman–Crippen MR) is 66.7 cm³/mol. The highest BCUT2D eigenvalue weighted by molar-refractivity contribution is 4.84. The Bertz CT molecular complexity index is 212. The number of hydrogen-bond acceptors (Lipinski definition) is 3. The van der Waals surface area contributed by atoms with Gasteiger partial charge in [0, 0.05) is 18.1 Å². The molecule has 2 rings (SSSR count). The topological polar surface area (TPSA) is 24.5 Å². The third-order valence-electron chi connectivity index (χ3n) is 3.96. The smallest absolute Gasteiger partial charge is 0.0645 e. The Labute approximate surface area is 99.5 Å². The van der Waals surface area contributed by atoms with Gasteiger partial charge in [-0.25, -0.2) is 0 Å². The molecule has 1 unspecified atom stereocenters. The quantitative estimate of drug-likeness (QED) is 0.788. The van der Waals surface area contributed by atoms with Gasteiger partial charge in [0.05, 0.1) is 13.2 Å². The van der Waals surface area contributed by atoms with Crippen LogP contribution in [0.15, 0.2) is 0 Å². The SMILES string of the molecule is CC1(C)COCCN1CCCC1CCCN1. The summed E-state index contributed by atoms with van der Waals surface area (Å²) in [5.74, 6) is 0. The van der Waals surface area contributed by atoms with E-state index in [-0.39, 0.29) is 5.54 Å². The van der Waals surface area contributed by atoms with Crippen LogP contribution in [-0.4, -0.2) is 49.3 Å². The number of nitrogens with zero attached hydrogens (tertiary/aromatic N) is 1. The Morgan fingerprint density at radius 3 is 3.00 bits per heavy atom. The molecule has 16 heavy (non-hydrogen) atoms. The Kier molecular flexibility index (Phi) is 4.22.